The Morgan fingerprint density at radius 2 is 1.95 bits per heavy atom. The quantitative estimate of drug-likeness (QED) is 0.752. The molecule has 0 spiro atoms. The smallest absolute Gasteiger partial charge is 0.335 e. The van der Waals surface area contributed by atoms with Gasteiger partial charge < -0.3 is 10.2 Å². The third-order valence-electron chi connectivity index (χ3n) is 2.91. The average molecular weight is 305 g/mol. The molecule has 112 valence electrons. The molecule has 0 fully saturated rings. The number of hydrogen-bond donors (Lipinski definition) is 3. The Hall–Kier alpha value is -1.51. The van der Waals surface area contributed by atoms with E-state index < -0.39 is 38.3 Å². The van der Waals surface area contributed by atoms with Crippen LogP contribution in [0.15, 0.2) is 23.1 Å². The molecule has 3 N–H and O–H groups in total. The van der Waals surface area contributed by atoms with Gasteiger partial charge in [0.25, 0.3) is 0 Å². The molecule has 0 amide bonds. The Bertz CT molecular complexity index is 625. The highest BCUT2D eigenvalue weighted by Crippen LogP contribution is 2.20. The second-order valence-electron chi connectivity index (χ2n) is 4.95. The molecule has 6 nitrogen and oxygen atoms in total. The topological polar surface area (TPSA) is 104 Å². The Labute approximate surface area is 116 Å². The van der Waals surface area contributed by atoms with Gasteiger partial charge in [0, 0.05) is 0 Å². The number of halogens is 1. The molecule has 0 bridgehead atoms. The lowest BCUT2D eigenvalue weighted by Gasteiger charge is -2.29. The van der Waals surface area contributed by atoms with E-state index in [4.69, 9.17) is 5.11 Å². The van der Waals surface area contributed by atoms with Gasteiger partial charge in [0.05, 0.1) is 17.2 Å². The third kappa shape index (κ3) is 3.53. The first-order chi connectivity index (χ1) is 8.97. The predicted octanol–water partition coefficient (Wildman–Crippen LogP) is 0.962. The van der Waals surface area contributed by atoms with Crippen LogP contribution in [0.2, 0.25) is 0 Å². The summed E-state index contributed by atoms with van der Waals surface area (Å²) in [6.07, 6.45) is -1.03. The number of carboxylic acids is 1. The number of hydrogen-bond acceptors (Lipinski definition) is 4. The van der Waals surface area contributed by atoms with Crippen molar-refractivity contribution in [3.8, 4) is 0 Å². The summed E-state index contributed by atoms with van der Waals surface area (Å²) in [4.78, 5) is 10.0. The van der Waals surface area contributed by atoms with Crippen LogP contribution in [0.1, 0.15) is 31.1 Å². The highest BCUT2D eigenvalue weighted by molar-refractivity contribution is 7.89. The zero-order valence-electron chi connectivity index (χ0n) is 11.2. The fourth-order valence-corrected chi connectivity index (χ4v) is 2.91. The monoisotopic (exact) mass is 305 g/mol. The summed E-state index contributed by atoms with van der Waals surface area (Å²) in [6, 6.07) is 2.47. The molecule has 0 heterocycles. The number of nitrogens with one attached hydrogen (secondary N) is 1. The third-order valence-corrected chi connectivity index (χ3v) is 4.60. The second-order valence-corrected chi connectivity index (χ2v) is 6.60. The number of carbonyl (C=O) groups is 1. The van der Waals surface area contributed by atoms with Crippen LogP contribution in [-0.4, -0.2) is 36.2 Å². The summed E-state index contributed by atoms with van der Waals surface area (Å²) in [5.74, 6) is -2.43. The highest BCUT2D eigenvalue weighted by atomic mass is 32.2. The van der Waals surface area contributed by atoms with Crippen molar-refractivity contribution in [1.82, 2.24) is 4.72 Å². The molecule has 1 aromatic carbocycles. The lowest BCUT2D eigenvalue weighted by atomic mass is 10.0. The molecule has 0 aliphatic rings. The van der Waals surface area contributed by atoms with Gasteiger partial charge in [0.2, 0.25) is 10.0 Å². The number of aromatic carboxylic acids is 1. The summed E-state index contributed by atoms with van der Waals surface area (Å²) in [7, 11) is -4.30. The molecule has 1 rings (SSSR count). The van der Waals surface area contributed by atoms with Crippen LogP contribution in [0.25, 0.3) is 0 Å². The number of aliphatic hydroxyl groups is 1. The van der Waals surface area contributed by atoms with Gasteiger partial charge in [-0.05, 0) is 39.0 Å². The Morgan fingerprint density at radius 1 is 1.40 bits per heavy atom. The predicted molar refractivity (Wildman–Crippen MR) is 69.4 cm³/mol. The first-order valence-electron chi connectivity index (χ1n) is 5.72. The minimum absolute atomic E-state index is 0.346. The minimum Gasteiger partial charge on any atom is -0.478 e. The van der Waals surface area contributed by atoms with E-state index in [9.17, 15) is 22.7 Å². The van der Waals surface area contributed by atoms with Crippen molar-refractivity contribution in [2.24, 2.45) is 0 Å². The van der Waals surface area contributed by atoms with Gasteiger partial charge in [-0.25, -0.2) is 22.3 Å². The van der Waals surface area contributed by atoms with Crippen LogP contribution in [0, 0.1) is 5.82 Å². The second kappa shape index (κ2) is 5.47. The van der Waals surface area contributed by atoms with Gasteiger partial charge in [-0.3, -0.25) is 0 Å². The minimum atomic E-state index is -4.30. The average Bonchev–Trinajstić information content (AvgIpc) is 2.27. The van der Waals surface area contributed by atoms with Gasteiger partial charge in [-0.2, -0.15) is 0 Å². The number of carboxylic acid groups (broad SMARTS) is 1. The summed E-state index contributed by atoms with van der Waals surface area (Å²) in [5, 5.41) is 18.3. The Morgan fingerprint density at radius 3 is 2.40 bits per heavy atom. The van der Waals surface area contributed by atoms with Crippen molar-refractivity contribution in [2.45, 2.75) is 37.3 Å². The van der Waals surface area contributed by atoms with Gasteiger partial charge in [-0.15, -0.1) is 0 Å². The molecule has 8 heteroatoms. The number of benzene rings is 1. The van der Waals surface area contributed by atoms with Gasteiger partial charge in [-0.1, -0.05) is 0 Å². The van der Waals surface area contributed by atoms with E-state index in [0.29, 0.717) is 0 Å². The zero-order chi connectivity index (χ0) is 15.7. The van der Waals surface area contributed by atoms with Crippen LogP contribution in [0.3, 0.4) is 0 Å². The van der Waals surface area contributed by atoms with E-state index in [1.165, 1.54) is 20.8 Å². The number of sulfonamides is 1. The highest BCUT2D eigenvalue weighted by Gasteiger charge is 2.32. The molecular formula is C12H16FNO5S. The maximum atomic E-state index is 13.6. The van der Waals surface area contributed by atoms with Crippen molar-refractivity contribution >= 4 is 16.0 Å². The van der Waals surface area contributed by atoms with Crippen molar-refractivity contribution in [2.75, 3.05) is 0 Å². The Kier molecular flexibility index (Phi) is 4.52. The van der Waals surface area contributed by atoms with E-state index in [1.807, 2.05) is 0 Å². The van der Waals surface area contributed by atoms with Crippen LogP contribution in [-0.2, 0) is 10.0 Å². The summed E-state index contributed by atoms with van der Waals surface area (Å²) in [6.45, 7) is 4.23. The summed E-state index contributed by atoms with van der Waals surface area (Å²) >= 11 is 0. The van der Waals surface area contributed by atoms with Gasteiger partial charge in [0.15, 0.2) is 0 Å². The van der Waals surface area contributed by atoms with Crippen LogP contribution >= 0.6 is 0 Å². The Balaban J connectivity index is 3.29. The van der Waals surface area contributed by atoms with Crippen LogP contribution in [0.4, 0.5) is 4.39 Å². The molecule has 20 heavy (non-hydrogen) atoms. The lowest BCUT2D eigenvalue weighted by molar-refractivity contribution is 0.0696. The SMILES string of the molecule is CC(O)C(C)(C)NS(=O)(=O)c1cc(C(=O)O)ccc1F. The fourth-order valence-electron chi connectivity index (χ4n) is 1.33. The van der Waals surface area contributed by atoms with Crippen LogP contribution in [0.5, 0.6) is 0 Å². The molecule has 1 aromatic rings. The largest absolute Gasteiger partial charge is 0.478 e. The summed E-state index contributed by atoms with van der Waals surface area (Å²) < 4.78 is 40.0. The maximum absolute atomic E-state index is 13.6. The molecule has 1 atom stereocenters. The summed E-state index contributed by atoms with van der Waals surface area (Å²) in [5.41, 5.74) is -1.58. The molecule has 0 radical (unpaired) electrons. The van der Waals surface area contributed by atoms with Crippen LogP contribution < -0.4 is 4.72 Å². The molecule has 0 aliphatic carbocycles. The number of aliphatic hydroxyl groups excluding tert-OH is 1. The van der Waals surface area contributed by atoms with E-state index in [-0.39, 0.29) is 5.56 Å². The maximum Gasteiger partial charge on any atom is 0.335 e. The molecule has 1 unspecified atom stereocenters. The van der Waals surface area contributed by atoms with Gasteiger partial charge in [0.1, 0.15) is 10.7 Å². The van der Waals surface area contributed by atoms with Crippen molar-refractivity contribution < 1.29 is 27.8 Å². The first kappa shape index (κ1) is 16.5. The first-order valence-corrected chi connectivity index (χ1v) is 7.20. The van der Waals surface area contributed by atoms with Gasteiger partial charge >= 0.3 is 5.97 Å². The zero-order valence-corrected chi connectivity index (χ0v) is 12.0. The molecular weight excluding hydrogens is 289 g/mol. The fraction of sp³-hybridized carbons (Fsp3) is 0.417. The molecule has 0 aliphatic heterocycles. The molecule has 0 saturated carbocycles. The molecule has 0 aromatic heterocycles. The van der Waals surface area contributed by atoms with E-state index >= 15 is 0 Å². The van der Waals surface area contributed by atoms with Crippen molar-refractivity contribution in [3.63, 3.8) is 0 Å². The van der Waals surface area contributed by atoms with Crippen molar-refractivity contribution in [1.29, 1.82) is 0 Å². The van der Waals surface area contributed by atoms with Crippen molar-refractivity contribution in [3.05, 3.63) is 29.6 Å². The van der Waals surface area contributed by atoms with E-state index in [1.54, 1.807) is 0 Å². The van der Waals surface area contributed by atoms with E-state index in [2.05, 4.69) is 4.72 Å². The lowest BCUT2D eigenvalue weighted by Crippen LogP contribution is -2.50. The molecule has 0 saturated heterocycles. The standard InChI is InChI=1S/C12H16FNO5S/c1-7(15)12(2,3)14-20(18,19)10-6-8(11(16)17)4-5-9(10)13/h4-7,14-15H,1-3H3,(H,16,17). The number of rotatable bonds is 5. The normalized spacial score (nSPS) is 14.1. The van der Waals surface area contributed by atoms with E-state index in [0.717, 1.165) is 18.2 Å².